The zero-order valence-corrected chi connectivity index (χ0v) is 12.0. The zero-order valence-electron chi connectivity index (χ0n) is 12.0. The SMILES string of the molecule is Cc1ccc([C@@H]2Nc3c(F)cccc3C3C=CCC32)cc1. The van der Waals surface area contributed by atoms with E-state index in [4.69, 9.17) is 0 Å². The second-order valence-electron chi connectivity index (χ2n) is 6.09. The van der Waals surface area contributed by atoms with Crippen molar-refractivity contribution in [1.29, 1.82) is 0 Å². The smallest absolute Gasteiger partial charge is 0.146 e. The van der Waals surface area contributed by atoms with Crippen LogP contribution >= 0.6 is 0 Å². The molecule has 4 rings (SSSR count). The maximum atomic E-state index is 14.2. The summed E-state index contributed by atoms with van der Waals surface area (Å²) in [5.74, 6) is 0.647. The Balaban J connectivity index is 1.81. The van der Waals surface area contributed by atoms with E-state index in [1.54, 1.807) is 0 Å². The molecule has 1 heterocycles. The van der Waals surface area contributed by atoms with E-state index in [2.05, 4.69) is 48.7 Å². The molecule has 0 aromatic heterocycles. The molecule has 2 aromatic carbocycles. The third kappa shape index (κ3) is 1.98. The number of benzene rings is 2. The molecule has 2 aliphatic rings. The summed E-state index contributed by atoms with van der Waals surface area (Å²) in [7, 11) is 0. The predicted molar refractivity (Wildman–Crippen MR) is 83.9 cm³/mol. The van der Waals surface area contributed by atoms with Crippen molar-refractivity contribution in [2.45, 2.75) is 25.3 Å². The number of rotatable bonds is 1. The number of hydrogen-bond donors (Lipinski definition) is 1. The molecule has 0 amide bonds. The molecular formula is C19H18FN. The number of fused-ring (bicyclic) bond motifs is 3. The summed E-state index contributed by atoms with van der Waals surface area (Å²) in [4.78, 5) is 0. The van der Waals surface area contributed by atoms with Gasteiger partial charge in [-0.1, -0.05) is 54.1 Å². The highest BCUT2D eigenvalue weighted by Gasteiger charge is 2.38. The van der Waals surface area contributed by atoms with Gasteiger partial charge in [0.25, 0.3) is 0 Å². The lowest BCUT2D eigenvalue weighted by molar-refractivity contribution is 0.421. The molecule has 0 spiro atoms. The molecule has 1 aliphatic carbocycles. The van der Waals surface area contributed by atoms with Gasteiger partial charge >= 0.3 is 0 Å². The van der Waals surface area contributed by atoms with Gasteiger partial charge in [0.05, 0.1) is 11.7 Å². The predicted octanol–water partition coefficient (Wildman–Crippen LogP) is 4.96. The Hall–Kier alpha value is -2.09. The maximum absolute atomic E-state index is 14.2. The first-order chi connectivity index (χ1) is 10.2. The number of para-hydroxylation sites is 1. The van der Waals surface area contributed by atoms with Gasteiger partial charge in [0, 0.05) is 5.92 Å². The lowest BCUT2D eigenvalue weighted by Gasteiger charge is -2.37. The van der Waals surface area contributed by atoms with E-state index in [1.165, 1.54) is 17.2 Å². The third-order valence-electron chi connectivity index (χ3n) is 4.78. The van der Waals surface area contributed by atoms with Gasteiger partial charge in [-0.2, -0.15) is 0 Å². The van der Waals surface area contributed by atoms with Crippen LogP contribution in [-0.2, 0) is 0 Å². The first-order valence-corrected chi connectivity index (χ1v) is 7.52. The molecule has 106 valence electrons. The van der Waals surface area contributed by atoms with Crippen LogP contribution in [0.3, 0.4) is 0 Å². The lowest BCUT2D eigenvalue weighted by Crippen LogP contribution is -2.29. The van der Waals surface area contributed by atoms with E-state index in [-0.39, 0.29) is 11.9 Å². The molecule has 0 saturated carbocycles. The normalized spacial score (nSPS) is 26.1. The fourth-order valence-corrected chi connectivity index (χ4v) is 3.69. The van der Waals surface area contributed by atoms with Gasteiger partial charge in [0.2, 0.25) is 0 Å². The fourth-order valence-electron chi connectivity index (χ4n) is 3.69. The minimum absolute atomic E-state index is 0.150. The van der Waals surface area contributed by atoms with Gasteiger partial charge in [-0.15, -0.1) is 0 Å². The number of nitrogens with one attached hydrogen (secondary N) is 1. The first-order valence-electron chi connectivity index (χ1n) is 7.52. The van der Waals surface area contributed by atoms with Crippen LogP contribution < -0.4 is 5.32 Å². The Morgan fingerprint density at radius 3 is 2.71 bits per heavy atom. The average molecular weight is 279 g/mol. The maximum Gasteiger partial charge on any atom is 0.146 e. The van der Waals surface area contributed by atoms with Crippen molar-refractivity contribution in [3.05, 3.63) is 77.1 Å². The molecular weight excluding hydrogens is 261 g/mol. The van der Waals surface area contributed by atoms with E-state index in [0.717, 1.165) is 12.0 Å². The number of halogens is 1. The molecule has 1 N–H and O–H groups in total. The van der Waals surface area contributed by atoms with Gasteiger partial charge in [-0.05, 0) is 36.5 Å². The second-order valence-corrected chi connectivity index (χ2v) is 6.09. The Morgan fingerprint density at radius 1 is 1.10 bits per heavy atom. The highest BCUT2D eigenvalue weighted by Crippen LogP contribution is 2.50. The molecule has 0 saturated heterocycles. The highest BCUT2D eigenvalue weighted by atomic mass is 19.1. The number of allylic oxidation sites excluding steroid dienone is 2. The van der Waals surface area contributed by atoms with Gasteiger partial charge in [-0.25, -0.2) is 4.39 Å². The summed E-state index contributed by atoms with van der Waals surface area (Å²) in [5.41, 5.74) is 4.27. The highest BCUT2D eigenvalue weighted by molar-refractivity contribution is 5.60. The molecule has 0 bridgehead atoms. The van der Waals surface area contributed by atoms with Gasteiger partial charge in [0.15, 0.2) is 0 Å². The Kier molecular flexibility index (Phi) is 2.85. The fraction of sp³-hybridized carbons (Fsp3) is 0.263. The van der Waals surface area contributed by atoms with E-state index < -0.39 is 0 Å². The van der Waals surface area contributed by atoms with E-state index in [1.807, 2.05) is 12.1 Å². The molecule has 1 aliphatic heterocycles. The molecule has 21 heavy (non-hydrogen) atoms. The Morgan fingerprint density at radius 2 is 1.90 bits per heavy atom. The summed E-state index contributed by atoms with van der Waals surface area (Å²) in [6.45, 7) is 2.09. The van der Waals surface area contributed by atoms with Crippen LogP contribution in [0.4, 0.5) is 10.1 Å². The van der Waals surface area contributed by atoms with E-state index in [9.17, 15) is 4.39 Å². The largest absolute Gasteiger partial charge is 0.375 e. The first kappa shape index (κ1) is 12.6. The van der Waals surface area contributed by atoms with Crippen LogP contribution in [-0.4, -0.2) is 0 Å². The molecule has 2 unspecified atom stereocenters. The number of aryl methyl sites for hydroxylation is 1. The van der Waals surface area contributed by atoms with Gasteiger partial charge < -0.3 is 5.32 Å². The van der Waals surface area contributed by atoms with Crippen molar-refractivity contribution in [3.63, 3.8) is 0 Å². The standard InChI is InChI=1S/C19H18FN/c1-12-8-10-13(11-9-12)18-15-5-2-4-14(15)16-6-3-7-17(20)19(16)21-18/h2-4,6-11,14-15,18,21H,5H2,1H3/t14?,15?,18-/m0/s1. The van der Waals surface area contributed by atoms with Crippen molar-refractivity contribution < 1.29 is 4.39 Å². The number of hydrogen-bond acceptors (Lipinski definition) is 1. The van der Waals surface area contributed by atoms with Crippen molar-refractivity contribution in [2.75, 3.05) is 5.32 Å². The minimum atomic E-state index is -0.150. The van der Waals surface area contributed by atoms with Crippen LogP contribution in [0.2, 0.25) is 0 Å². The van der Waals surface area contributed by atoms with Gasteiger partial charge in [-0.3, -0.25) is 0 Å². The van der Waals surface area contributed by atoms with Crippen molar-refractivity contribution in [3.8, 4) is 0 Å². The molecule has 3 atom stereocenters. The molecule has 0 fully saturated rings. The quantitative estimate of drug-likeness (QED) is 0.727. The van der Waals surface area contributed by atoms with Crippen molar-refractivity contribution in [1.82, 2.24) is 0 Å². The summed E-state index contributed by atoms with van der Waals surface area (Å²) in [5, 5.41) is 3.46. The Labute approximate surface area is 124 Å². The molecule has 0 radical (unpaired) electrons. The zero-order chi connectivity index (χ0) is 14.4. The number of anilines is 1. The van der Waals surface area contributed by atoms with Crippen molar-refractivity contribution >= 4 is 5.69 Å². The Bertz CT molecular complexity index is 702. The van der Waals surface area contributed by atoms with Crippen LogP contribution in [0.15, 0.2) is 54.6 Å². The monoisotopic (exact) mass is 279 g/mol. The summed E-state index contributed by atoms with van der Waals surface area (Å²) >= 11 is 0. The van der Waals surface area contributed by atoms with Crippen LogP contribution in [0, 0.1) is 18.7 Å². The summed E-state index contributed by atoms with van der Waals surface area (Å²) < 4.78 is 14.2. The summed E-state index contributed by atoms with van der Waals surface area (Å²) in [6.07, 6.45) is 5.52. The minimum Gasteiger partial charge on any atom is -0.375 e. The van der Waals surface area contributed by atoms with E-state index >= 15 is 0 Å². The molecule has 1 nitrogen and oxygen atoms in total. The molecule has 2 aromatic rings. The van der Waals surface area contributed by atoms with Gasteiger partial charge in [0.1, 0.15) is 5.82 Å². The van der Waals surface area contributed by atoms with Crippen molar-refractivity contribution in [2.24, 2.45) is 5.92 Å². The van der Waals surface area contributed by atoms with Crippen LogP contribution in [0.25, 0.3) is 0 Å². The molecule has 2 heteroatoms. The average Bonchev–Trinajstić information content (AvgIpc) is 2.98. The van der Waals surface area contributed by atoms with Crippen LogP contribution in [0.1, 0.15) is 35.1 Å². The summed E-state index contributed by atoms with van der Waals surface area (Å²) in [6, 6.07) is 14.2. The topological polar surface area (TPSA) is 12.0 Å². The van der Waals surface area contributed by atoms with E-state index in [0.29, 0.717) is 17.5 Å². The second kappa shape index (κ2) is 4.73. The lowest BCUT2D eigenvalue weighted by atomic mass is 9.77. The van der Waals surface area contributed by atoms with Crippen LogP contribution in [0.5, 0.6) is 0 Å². The third-order valence-corrected chi connectivity index (χ3v) is 4.78.